The number of rotatable bonds is 6. The van der Waals surface area contributed by atoms with Crippen molar-refractivity contribution >= 4 is 39.6 Å². The Bertz CT molecular complexity index is 563. The Morgan fingerprint density at radius 1 is 1.33 bits per heavy atom. The highest BCUT2D eigenvalue weighted by Crippen LogP contribution is 2.27. The van der Waals surface area contributed by atoms with Gasteiger partial charge < -0.3 is 25.6 Å². The lowest BCUT2D eigenvalue weighted by Gasteiger charge is -2.14. The molecule has 21 heavy (non-hydrogen) atoms. The normalized spacial score (nSPS) is 11.3. The fraction of sp³-hybridized carbons (Fsp3) is 0.250. The van der Waals surface area contributed by atoms with Gasteiger partial charge in [-0.05, 0) is 28.1 Å². The molecule has 0 aromatic heterocycles. The van der Waals surface area contributed by atoms with E-state index >= 15 is 0 Å². The summed E-state index contributed by atoms with van der Waals surface area (Å²) < 4.78 is 5.73. The van der Waals surface area contributed by atoms with Crippen LogP contribution in [0.4, 0.5) is 10.5 Å². The fourth-order valence-electron chi connectivity index (χ4n) is 1.44. The summed E-state index contributed by atoms with van der Waals surface area (Å²) in [4.78, 5) is 33.0. The van der Waals surface area contributed by atoms with Crippen molar-refractivity contribution in [1.82, 2.24) is 5.32 Å². The molecule has 2 amide bonds. The average molecular weight is 361 g/mol. The lowest BCUT2D eigenvalue weighted by atomic mass is 10.2. The molecule has 0 fully saturated rings. The molecule has 1 aromatic rings. The van der Waals surface area contributed by atoms with Crippen LogP contribution in [-0.2, 0) is 9.59 Å². The zero-order chi connectivity index (χ0) is 16.0. The van der Waals surface area contributed by atoms with Crippen LogP contribution in [0.15, 0.2) is 22.7 Å². The van der Waals surface area contributed by atoms with Gasteiger partial charge in [-0.3, -0.25) is 4.79 Å². The van der Waals surface area contributed by atoms with Crippen LogP contribution >= 0.6 is 15.9 Å². The number of methoxy groups -OCH3 is 1. The van der Waals surface area contributed by atoms with Crippen LogP contribution in [0.1, 0.15) is 6.42 Å². The van der Waals surface area contributed by atoms with Crippen molar-refractivity contribution in [3.8, 4) is 5.75 Å². The Morgan fingerprint density at radius 3 is 2.52 bits per heavy atom. The molecule has 0 radical (unpaired) electrons. The highest BCUT2D eigenvalue weighted by Gasteiger charge is 2.23. The highest BCUT2D eigenvalue weighted by molar-refractivity contribution is 9.10. The number of aliphatic carboxylic acids is 2. The van der Waals surface area contributed by atoms with E-state index in [0.29, 0.717) is 15.9 Å². The van der Waals surface area contributed by atoms with E-state index in [0.717, 1.165) is 0 Å². The van der Waals surface area contributed by atoms with Crippen LogP contribution in [0.2, 0.25) is 0 Å². The average Bonchev–Trinajstić information content (AvgIpc) is 2.39. The van der Waals surface area contributed by atoms with Crippen molar-refractivity contribution in [3.63, 3.8) is 0 Å². The van der Waals surface area contributed by atoms with Crippen molar-refractivity contribution in [2.24, 2.45) is 0 Å². The van der Waals surface area contributed by atoms with E-state index in [4.69, 9.17) is 14.9 Å². The number of hydrogen-bond acceptors (Lipinski definition) is 4. The predicted molar refractivity (Wildman–Crippen MR) is 76.5 cm³/mol. The highest BCUT2D eigenvalue weighted by atomic mass is 79.9. The minimum Gasteiger partial charge on any atom is -0.495 e. The first-order valence-electron chi connectivity index (χ1n) is 5.69. The van der Waals surface area contributed by atoms with Crippen molar-refractivity contribution in [2.75, 3.05) is 12.4 Å². The molecule has 4 N–H and O–H groups in total. The molecule has 0 aliphatic heterocycles. The number of carboxylic acid groups (broad SMARTS) is 2. The lowest BCUT2D eigenvalue weighted by molar-refractivity contribution is -0.145. The zero-order valence-corrected chi connectivity index (χ0v) is 12.5. The van der Waals surface area contributed by atoms with Gasteiger partial charge in [-0.1, -0.05) is 0 Å². The molecule has 8 nitrogen and oxygen atoms in total. The summed E-state index contributed by atoms with van der Waals surface area (Å²) in [5, 5.41) is 21.9. The molecule has 114 valence electrons. The van der Waals surface area contributed by atoms with Crippen LogP contribution < -0.4 is 15.4 Å². The predicted octanol–water partition coefficient (Wildman–Crippen LogP) is 1.51. The fourth-order valence-corrected chi connectivity index (χ4v) is 1.85. The van der Waals surface area contributed by atoms with Gasteiger partial charge in [-0.25, -0.2) is 9.59 Å². The van der Waals surface area contributed by atoms with E-state index < -0.39 is 30.4 Å². The van der Waals surface area contributed by atoms with Gasteiger partial charge in [-0.15, -0.1) is 0 Å². The largest absolute Gasteiger partial charge is 0.495 e. The van der Waals surface area contributed by atoms with E-state index in [1.54, 1.807) is 12.1 Å². The summed E-state index contributed by atoms with van der Waals surface area (Å²) in [6.07, 6.45) is -0.716. The third-order valence-electron chi connectivity index (χ3n) is 2.39. The van der Waals surface area contributed by atoms with Gasteiger partial charge in [0.25, 0.3) is 0 Å². The Balaban J connectivity index is 2.72. The summed E-state index contributed by atoms with van der Waals surface area (Å²) in [7, 11) is 1.46. The SMILES string of the molecule is COc1cc(NC(=O)N[C@@H](CC(=O)O)C(=O)O)ccc1Br. The third kappa shape index (κ3) is 5.30. The van der Waals surface area contributed by atoms with E-state index in [2.05, 4.69) is 26.6 Å². The number of nitrogens with one attached hydrogen (secondary N) is 2. The maximum Gasteiger partial charge on any atom is 0.326 e. The maximum atomic E-state index is 11.7. The Labute approximate surface area is 128 Å². The molecule has 0 aliphatic carbocycles. The molecule has 0 spiro atoms. The Hall–Kier alpha value is -2.29. The Kier molecular flexibility index (Phi) is 5.97. The standard InChI is InChI=1S/C12H13BrN2O6/c1-21-9-4-6(2-3-7(9)13)14-12(20)15-8(11(18)19)5-10(16)17/h2-4,8H,5H2,1H3,(H,16,17)(H,18,19)(H2,14,15,20)/t8-/m0/s1. The van der Waals surface area contributed by atoms with Crippen LogP contribution in [0.3, 0.4) is 0 Å². The molecule has 0 aliphatic rings. The summed E-state index contributed by atoms with van der Waals surface area (Å²) in [5.41, 5.74) is 0.368. The molecule has 0 saturated heterocycles. The molecule has 9 heteroatoms. The van der Waals surface area contributed by atoms with Gasteiger partial charge in [0.2, 0.25) is 0 Å². The van der Waals surface area contributed by atoms with E-state index in [-0.39, 0.29) is 0 Å². The number of hydrogen-bond donors (Lipinski definition) is 4. The van der Waals surface area contributed by atoms with Crippen LogP contribution in [-0.4, -0.2) is 41.3 Å². The molecule has 0 unspecified atom stereocenters. The van der Waals surface area contributed by atoms with Gasteiger partial charge >= 0.3 is 18.0 Å². The van der Waals surface area contributed by atoms with E-state index in [1.165, 1.54) is 13.2 Å². The summed E-state index contributed by atoms with van der Waals surface area (Å²) in [6.45, 7) is 0. The number of anilines is 1. The quantitative estimate of drug-likeness (QED) is 0.609. The molecular weight excluding hydrogens is 348 g/mol. The molecule has 0 bridgehead atoms. The molecule has 0 saturated carbocycles. The van der Waals surface area contributed by atoms with Crippen LogP contribution in [0.25, 0.3) is 0 Å². The molecular formula is C12H13BrN2O6. The maximum absolute atomic E-state index is 11.7. The molecule has 1 rings (SSSR count). The third-order valence-corrected chi connectivity index (χ3v) is 3.05. The monoisotopic (exact) mass is 360 g/mol. The topological polar surface area (TPSA) is 125 Å². The second-order valence-corrected chi connectivity index (χ2v) is 4.79. The minimum atomic E-state index is -1.51. The van der Waals surface area contributed by atoms with Crippen molar-refractivity contribution < 1.29 is 29.3 Å². The summed E-state index contributed by atoms with van der Waals surface area (Å²) in [6, 6.07) is 2.39. The van der Waals surface area contributed by atoms with Crippen LogP contribution in [0.5, 0.6) is 5.75 Å². The van der Waals surface area contributed by atoms with Gasteiger partial charge in [0.15, 0.2) is 0 Å². The van der Waals surface area contributed by atoms with Crippen molar-refractivity contribution in [3.05, 3.63) is 22.7 Å². The first kappa shape index (κ1) is 16.8. The zero-order valence-electron chi connectivity index (χ0n) is 10.9. The van der Waals surface area contributed by atoms with Crippen LogP contribution in [0, 0.1) is 0 Å². The second-order valence-electron chi connectivity index (χ2n) is 3.94. The number of ether oxygens (including phenoxy) is 1. The van der Waals surface area contributed by atoms with Gasteiger partial charge in [0.05, 0.1) is 18.0 Å². The number of carboxylic acids is 2. The lowest BCUT2D eigenvalue weighted by Crippen LogP contribution is -2.44. The molecule has 1 aromatic carbocycles. The first-order chi connectivity index (χ1) is 9.83. The molecule has 0 heterocycles. The smallest absolute Gasteiger partial charge is 0.326 e. The van der Waals surface area contributed by atoms with Gasteiger partial charge in [-0.2, -0.15) is 0 Å². The number of amides is 2. The van der Waals surface area contributed by atoms with Gasteiger partial charge in [0, 0.05) is 11.8 Å². The van der Waals surface area contributed by atoms with Gasteiger partial charge in [0.1, 0.15) is 11.8 Å². The number of halogens is 1. The molecule has 1 atom stereocenters. The van der Waals surface area contributed by atoms with Crippen molar-refractivity contribution in [1.29, 1.82) is 0 Å². The van der Waals surface area contributed by atoms with E-state index in [1.807, 2.05) is 0 Å². The second kappa shape index (κ2) is 7.48. The minimum absolute atomic E-state index is 0.368. The van der Waals surface area contributed by atoms with Crippen molar-refractivity contribution in [2.45, 2.75) is 12.5 Å². The Morgan fingerprint density at radius 2 is 2.00 bits per heavy atom. The summed E-state index contributed by atoms with van der Waals surface area (Å²) >= 11 is 3.25. The number of carbonyl (C=O) groups excluding carboxylic acids is 1. The summed E-state index contributed by atoms with van der Waals surface area (Å²) in [5.74, 6) is -2.28. The number of carbonyl (C=O) groups is 3. The number of urea groups is 1. The number of benzene rings is 1. The van der Waals surface area contributed by atoms with E-state index in [9.17, 15) is 14.4 Å². The first-order valence-corrected chi connectivity index (χ1v) is 6.48.